The number of carbonyl (C=O) groups is 1. The van der Waals surface area contributed by atoms with Gasteiger partial charge in [0.25, 0.3) is 0 Å². The molecule has 79 valence electrons. The van der Waals surface area contributed by atoms with E-state index >= 15 is 0 Å². The van der Waals surface area contributed by atoms with E-state index in [0.29, 0.717) is 5.92 Å². The molecule has 0 unspecified atom stereocenters. The molecule has 0 spiro atoms. The third-order valence-corrected chi connectivity index (χ3v) is 4.16. The van der Waals surface area contributed by atoms with Crippen molar-refractivity contribution >= 4 is 6.29 Å². The summed E-state index contributed by atoms with van der Waals surface area (Å²) in [4.78, 5) is 10.6. The van der Waals surface area contributed by atoms with Crippen LogP contribution >= 0.6 is 0 Å². The van der Waals surface area contributed by atoms with Crippen LogP contribution in [-0.4, -0.2) is 6.29 Å². The molecule has 1 nitrogen and oxygen atoms in total. The molecule has 2 aliphatic carbocycles. The minimum Gasteiger partial charge on any atom is -0.303 e. The van der Waals surface area contributed by atoms with Gasteiger partial charge in [0.1, 0.15) is 6.29 Å². The minimum atomic E-state index is 0.390. The summed E-state index contributed by atoms with van der Waals surface area (Å²) in [5.74, 6) is 2.31. The molecular formula is C13H21O. The molecule has 1 heteroatoms. The number of aldehydes is 1. The summed E-state index contributed by atoms with van der Waals surface area (Å²) < 4.78 is 0. The summed E-state index contributed by atoms with van der Waals surface area (Å²) in [6.07, 6.45) is 14.0. The Labute approximate surface area is 87.3 Å². The standard InChI is InChI=1S/C13H21O/c14-10-11-6-8-13(9-7-11)12-4-2-1-3-5-12/h1,10-13H,2-9H2. The van der Waals surface area contributed by atoms with E-state index in [1.165, 1.54) is 44.8 Å². The van der Waals surface area contributed by atoms with Crippen LogP contribution in [0.15, 0.2) is 0 Å². The van der Waals surface area contributed by atoms with Gasteiger partial charge < -0.3 is 4.79 Å². The molecule has 0 aliphatic heterocycles. The van der Waals surface area contributed by atoms with Gasteiger partial charge in [0, 0.05) is 5.92 Å². The first-order chi connectivity index (χ1) is 6.90. The predicted molar refractivity (Wildman–Crippen MR) is 57.8 cm³/mol. The number of rotatable bonds is 2. The van der Waals surface area contributed by atoms with Crippen LogP contribution in [0.1, 0.15) is 51.4 Å². The molecular weight excluding hydrogens is 172 g/mol. The lowest BCUT2D eigenvalue weighted by Crippen LogP contribution is -2.24. The highest BCUT2D eigenvalue weighted by molar-refractivity contribution is 5.53. The van der Waals surface area contributed by atoms with Crippen LogP contribution in [0, 0.1) is 24.2 Å². The molecule has 0 aromatic rings. The monoisotopic (exact) mass is 193 g/mol. The van der Waals surface area contributed by atoms with E-state index in [4.69, 9.17) is 0 Å². The second-order valence-electron chi connectivity index (χ2n) is 5.01. The fraction of sp³-hybridized carbons (Fsp3) is 0.846. The number of hydrogen-bond donors (Lipinski definition) is 0. The summed E-state index contributed by atoms with van der Waals surface area (Å²) in [5.41, 5.74) is 0. The maximum atomic E-state index is 10.6. The normalized spacial score (nSPS) is 35.4. The molecule has 2 rings (SSSR count). The van der Waals surface area contributed by atoms with Crippen LogP contribution in [0.3, 0.4) is 0 Å². The number of carbonyl (C=O) groups excluding carboxylic acids is 1. The summed E-state index contributed by atoms with van der Waals surface area (Å²) in [6, 6.07) is 0. The third kappa shape index (κ3) is 2.37. The highest BCUT2D eigenvalue weighted by Gasteiger charge is 2.28. The maximum absolute atomic E-state index is 10.6. The van der Waals surface area contributed by atoms with Gasteiger partial charge in [0.05, 0.1) is 0 Å². The molecule has 2 fully saturated rings. The minimum absolute atomic E-state index is 0.390. The van der Waals surface area contributed by atoms with Gasteiger partial charge in [0.15, 0.2) is 0 Å². The zero-order valence-corrected chi connectivity index (χ0v) is 8.95. The van der Waals surface area contributed by atoms with Crippen molar-refractivity contribution < 1.29 is 4.79 Å². The van der Waals surface area contributed by atoms with E-state index in [0.717, 1.165) is 24.7 Å². The second kappa shape index (κ2) is 4.95. The molecule has 0 aromatic carbocycles. The lowest BCUT2D eigenvalue weighted by Gasteiger charge is -2.34. The Morgan fingerprint density at radius 3 is 2.00 bits per heavy atom. The van der Waals surface area contributed by atoms with E-state index < -0.39 is 0 Å². The molecule has 1 radical (unpaired) electrons. The van der Waals surface area contributed by atoms with Crippen LogP contribution in [0.25, 0.3) is 0 Å². The first kappa shape index (κ1) is 10.2. The summed E-state index contributed by atoms with van der Waals surface area (Å²) >= 11 is 0. The van der Waals surface area contributed by atoms with Crippen molar-refractivity contribution in [2.75, 3.05) is 0 Å². The van der Waals surface area contributed by atoms with Gasteiger partial charge in [-0.3, -0.25) is 0 Å². The zero-order chi connectivity index (χ0) is 9.80. The van der Waals surface area contributed by atoms with Crippen molar-refractivity contribution in [2.24, 2.45) is 17.8 Å². The van der Waals surface area contributed by atoms with Gasteiger partial charge in [-0.25, -0.2) is 0 Å². The molecule has 0 atom stereocenters. The Morgan fingerprint density at radius 1 is 0.857 bits per heavy atom. The quantitative estimate of drug-likeness (QED) is 0.614. The average molecular weight is 193 g/mol. The van der Waals surface area contributed by atoms with Gasteiger partial charge in [-0.1, -0.05) is 0 Å². The Kier molecular flexibility index (Phi) is 3.61. The Balaban J connectivity index is 1.78. The molecule has 0 heterocycles. The van der Waals surface area contributed by atoms with E-state index in [-0.39, 0.29) is 0 Å². The zero-order valence-electron chi connectivity index (χ0n) is 8.95. The van der Waals surface area contributed by atoms with Crippen molar-refractivity contribution in [1.29, 1.82) is 0 Å². The Hall–Kier alpha value is -0.330. The third-order valence-electron chi connectivity index (χ3n) is 4.16. The molecule has 0 N–H and O–H groups in total. The molecule has 0 bridgehead atoms. The molecule has 14 heavy (non-hydrogen) atoms. The van der Waals surface area contributed by atoms with Crippen molar-refractivity contribution in [2.45, 2.75) is 51.4 Å². The summed E-state index contributed by atoms with van der Waals surface area (Å²) in [7, 11) is 0. The summed E-state index contributed by atoms with van der Waals surface area (Å²) in [6.45, 7) is 0. The molecule has 0 aromatic heterocycles. The fourth-order valence-electron chi connectivity index (χ4n) is 3.18. The Morgan fingerprint density at radius 2 is 1.43 bits per heavy atom. The maximum Gasteiger partial charge on any atom is 0.123 e. The number of hydrogen-bond acceptors (Lipinski definition) is 1. The molecule has 0 amide bonds. The smallest absolute Gasteiger partial charge is 0.123 e. The molecule has 0 saturated heterocycles. The van der Waals surface area contributed by atoms with Crippen LogP contribution in [-0.2, 0) is 4.79 Å². The van der Waals surface area contributed by atoms with E-state index in [9.17, 15) is 4.79 Å². The van der Waals surface area contributed by atoms with Crippen molar-refractivity contribution in [1.82, 2.24) is 0 Å². The van der Waals surface area contributed by atoms with Crippen LogP contribution in [0.2, 0.25) is 0 Å². The first-order valence-corrected chi connectivity index (χ1v) is 6.17. The highest BCUT2D eigenvalue weighted by Crippen LogP contribution is 2.39. The predicted octanol–water partition coefficient (Wildman–Crippen LogP) is 3.39. The van der Waals surface area contributed by atoms with Gasteiger partial charge in [0.2, 0.25) is 0 Å². The van der Waals surface area contributed by atoms with Gasteiger partial charge in [-0.2, -0.15) is 0 Å². The van der Waals surface area contributed by atoms with Crippen molar-refractivity contribution in [3.63, 3.8) is 0 Å². The van der Waals surface area contributed by atoms with E-state index in [1.807, 2.05) is 0 Å². The van der Waals surface area contributed by atoms with Crippen molar-refractivity contribution in [3.05, 3.63) is 6.42 Å². The largest absolute Gasteiger partial charge is 0.303 e. The van der Waals surface area contributed by atoms with Crippen molar-refractivity contribution in [3.8, 4) is 0 Å². The second-order valence-corrected chi connectivity index (χ2v) is 5.01. The first-order valence-electron chi connectivity index (χ1n) is 6.17. The fourth-order valence-corrected chi connectivity index (χ4v) is 3.18. The van der Waals surface area contributed by atoms with Crippen LogP contribution in [0.5, 0.6) is 0 Å². The average Bonchev–Trinajstić information content (AvgIpc) is 2.30. The molecule has 2 aliphatic rings. The highest BCUT2D eigenvalue weighted by atomic mass is 16.1. The Bertz CT molecular complexity index is 174. The van der Waals surface area contributed by atoms with Gasteiger partial charge in [-0.05, 0) is 69.6 Å². The summed E-state index contributed by atoms with van der Waals surface area (Å²) in [5, 5.41) is 0. The SMILES string of the molecule is O=CC1CCC(C2CC[CH]CC2)CC1. The van der Waals surface area contributed by atoms with Crippen LogP contribution < -0.4 is 0 Å². The van der Waals surface area contributed by atoms with Gasteiger partial charge in [-0.15, -0.1) is 0 Å². The van der Waals surface area contributed by atoms with E-state index in [2.05, 4.69) is 6.42 Å². The van der Waals surface area contributed by atoms with Gasteiger partial charge >= 0.3 is 0 Å². The molecule has 2 saturated carbocycles. The topological polar surface area (TPSA) is 17.1 Å². The van der Waals surface area contributed by atoms with Crippen LogP contribution in [0.4, 0.5) is 0 Å². The lowest BCUT2D eigenvalue weighted by molar-refractivity contribution is -0.112. The lowest BCUT2D eigenvalue weighted by atomic mass is 9.71. The van der Waals surface area contributed by atoms with E-state index in [1.54, 1.807) is 0 Å².